The number of aliphatic hydroxyl groups excluding tert-OH is 1. The van der Waals surface area contributed by atoms with Crippen LogP contribution in [0.25, 0.3) is 0 Å². The van der Waals surface area contributed by atoms with E-state index in [0.29, 0.717) is 19.2 Å². The molecule has 192 valence electrons. The number of rotatable bonds is 25. The SMILES string of the molecule is CCCCCCCCCCCCCCCCCCOCC(COCCO)Oc1ncccn1. The van der Waals surface area contributed by atoms with Crippen molar-refractivity contribution in [2.45, 2.75) is 116 Å². The fourth-order valence-electron chi connectivity index (χ4n) is 3.86. The molecule has 0 aliphatic carbocycles. The van der Waals surface area contributed by atoms with Crippen LogP contribution in [0, 0.1) is 0 Å². The van der Waals surface area contributed by atoms with Gasteiger partial charge in [-0.15, -0.1) is 0 Å². The topological polar surface area (TPSA) is 73.7 Å². The molecule has 0 spiro atoms. The zero-order valence-corrected chi connectivity index (χ0v) is 21.2. The number of unbranched alkanes of at least 4 members (excludes halogenated alkanes) is 15. The highest BCUT2D eigenvalue weighted by molar-refractivity contribution is 4.94. The highest BCUT2D eigenvalue weighted by Gasteiger charge is 2.13. The predicted molar refractivity (Wildman–Crippen MR) is 135 cm³/mol. The number of aromatic nitrogens is 2. The van der Waals surface area contributed by atoms with Gasteiger partial charge in [-0.1, -0.05) is 103 Å². The predicted octanol–water partition coefficient (Wildman–Crippen LogP) is 6.51. The summed E-state index contributed by atoms with van der Waals surface area (Å²) in [6.45, 7) is 4.07. The molecule has 0 radical (unpaired) electrons. The van der Waals surface area contributed by atoms with Crippen LogP contribution in [0.4, 0.5) is 0 Å². The average molecular weight is 467 g/mol. The third-order valence-electron chi connectivity index (χ3n) is 5.80. The maximum Gasteiger partial charge on any atom is 0.316 e. The molecule has 6 nitrogen and oxygen atoms in total. The van der Waals surface area contributed by atoms with Crippen molar-refractivity contribution in [3.05, 3.63) is 18.5 Å². The van der Waals surface area contributed by atoms with Crippen LogP contribution in [0.5, 0.6) is 6.01 Å². The molecule has 6 heteroatoms. The van der Waals surface area contributed by atoms with Gasteiger partial charge in [0.1, 0.15) is 6.10 Å². The van der Waals surface area contributed by atoms with Gasteiger partial charge in [0.15, 0.2) is 0 Å². The molecule has 0 fully saturated rings. The maximum absolute atomic E-state index is 8.89. The van der Waals surface area contributed by atoms with Gasteiger partial charge in [0.25, 0.3) is 0 Å². The number of hydrogen-bond acceptors (Lipinski definition) is 6. The van der Waals surface area contributed by atoms with E-state index >= 15 is 0 Å². The number of nitrogens with zero attached hydrogens (tertiary/aromatic N) is 2. The molecule has 0 aliphatic rings. The minimum atomic E-state index is -0.278. The van der Waals surface area contributed by atoms with E-state index in [1.807, 2.05) is 0 Å². The molecule has 1 atom stereocenters. The molecular formula is C27H50N2O4. The summed E-state index contributed by atoms with van der Waals surface area (Å²) in [6.07, 6.45) is 24.9. The van der Waals surface area contributed by atoms with E-state index in [1.165, 1.54) is 96.3 Å². The quantitative estimate of drug-likeness (QED) is 0.166. The minimum absolute atomic E-state index is 0.00535. The summed E-state index contributed by atoms with van der Waals surface area (Å²) in [5.41, 5.74) is 0. The van der Waals surface area contributed by atoms with Crippen molar-refractivity contribution in [1.82, 2.24) is 9.97 Å². The van der Waals surface area contributed by atoms with Gasteiger partial charge in [0, 0.05) is 19.0 Å². The van der Waals surface area contributed by atoms with Gasteiger partial charge in [-0.25, -0.2) is 9.97 Å². The number of ether oxygens (including phenoxy) is 3. The molecule has 0 aromatic carbocycles. The third kappa shape index (κ3) is 19.9. The fourth-order valence-corrected chi connectivity index (χ4v) is 3.86. The van der Waals surface area contributed by atoms with Crippen molar-refractivity contribution < 1.29 is 19.3 Å². The van der Waals surface area contributed by atoms with E-state index in [1.54, 1.807) is 18.5 Å². The average Bonchev–Trinajstić information content (AvgIpc) is 2.84. The van der Waals surface area contributed by atoms with Crippen LogP contribution in [0.2, 0.25) is 0 Å². The molecule has 1 N–H and O–H groups in total. The monoisotopic (exact) mass is 466 g/mol. The van der Waals surface area contributed by atoms with Gasteiger partial charge in [0.05, 0.1) is 26.4 Å². The fraction of sp³-hybridized carbons (Fsp3) is 0.852. The first kappa shape index (κ1) is 29.8. The first-order valence-corrected chi connectivity index (χ1v) is 13.6. The van der Waals surface area contributed by atoms with Crippen LogP contribution in [0.1, 0.15) is 110 Å². The molecular weight excluding hydrogens is 416 g/mol. The Balaban J connectivity index is 1.89. The van der Waals surface area contributed by atoms with Crippen molar-refractivity contribution in [2.24, 2.45) is 0 Å². The molecule has 1 heterocycles. The van der Waals surface area contributed by atoms with E-state index in [-0.39, 0.29) is 19.3 Å². The molecule has 1 aromatic rings. The second-order valence-electron chi connectivity index (χ2n) is 8.95. The Morgan fingerprint density at radius 1 is 0.667 bits per heavy atom. The molecule has 0 saturated carbocycles. The van der Waals surface area contributed by atoms with Crippen LogP contribution >= 0.6 is 0 Å². The van der Waals surface area contributed by atoms with Crippen LogP contribution in [0.15, 0.2) is 18.5 Å². The van der Waals surface area contributed by atoms with Crippen LogP contribution in [-0.4, -0.2) is 54.2 Å². The zero-order valence-electron chi connectivity index (χ0n) is 21.2. The molecule has 0 amide bonds. The molecule has 0 bridgehead atoms. The van der Waals surface area contributed by atoms with Crippen LogP contribution in [-0.2, 0) is 9.47 Å². The van der Waals surface area contributed by atoms with Crippen LogP contribution in [0.3, 0.4) is 0 Å². The van der Waals surface area contributed by atoms with Gasteiger partial charge in [-0.2, -0.15) is 0 Å². The Kier molecular flexibility index (Phi) is 21.6. The van der Waals surface area contributed by atoms with E-state index in [4.69, 9.17) is 19.3 Å². The van der Waals surface area contributed by atoms with E-state index in [0.717, 1.165) is 13.0 Å². The highest BCUT2D eigenvalue weighted by atomic mass is 16.6. The van der Waals surface area contributed by atoms with Crippen molar-refractivity contribution in [2.75, 3.05) is 33.0 Å². The lowest BCUT2D eigenvalue weighted by Gasteiger charge is -2.17. The summed E-state index contributed by atoms with van der Waals surface area (Å²) in [7, 11) is 0. The highest BCUT2D eigenvalue weighted by Crippen LogP contribution is 2.14. The Bertz CT molecular complexity index is 504. The summed E-state index contributed by atoms with van der Waals surface area (Å²) >= 11 is 0. The minimum Gasteiger partial charge on any atom is -0.455 e. The smallest absolute Gasteiger partial charge is 0.316 e. The number of aliphatic hydroxyl groups is 1. The Morgan fingerprint density at radius 2 is 1.12 bits per heavy atom. The molecule has 33 heavy (non-hydrogen) atoms. The van der Waals surface area contributed by atoms with Gasteiger partial charge < -0.3 is 19.3 Å². The van der Waals surface area contributed by atoms with Crippen molar-refractivity contribution in [3.8, 4) is 6.01 Å². The number of hydrogen-bond donors (Lipinski definition) is 1. The van der Waals surface area contributed by atoms with Crippen molar-refractivity contribution in [1.29, 1.82) is 0 Å². The zero-order chi connectivity index (χ0) is 23.7. The van der Waals surface area contributed by atoms with Gasteiger partial charge in [-0.3, -0.25) is 0 Å². The van der Waals surface area contributed by atoms with Crippen LogP contribution < -0.4 is 4.74 Å². The Morgan fingerprint density at radius 3 is 1.61 bits per heavy atom. The molecule has 0 saturated heterocycles. The van der Waals surface area contributed by atoms with Gasteiger partial charge in [0.2, 0.25) is 0 Å². The molecule has 1 aromatic heterocycles. The normalized spacial score (nSPS) is 12.2. The van der Waals surface area contributed by atoms with Gasteiger partial charge >= 0.3 is 6.01 Å². The van der Waals surface area contributed by atoms with E-state index in [9.17, 15) is 0 Å². The second-order valence-corrected chi connectivity index (χ2v) is 8.95. The first-order chi connectivity index (χ1) is 16.4. The van der Waals surface area contributed by atoms with Crippen molar-refractivity contribution in [3.63, 3.8) is 0 Å². The summed E-state index contributed by atoms with van der Waals surface area (Å²) < 4.78 is 16.9. The Hall–Kier alpha value is -1.24. The largest absolute Gasteiger partial charge is 0.455 e. The molecule has 1 rings (SSSR count). The summed E-state index contributed by atoms with van der Waals surface area (Å²) in [5.74, 6) is 0. The summed E-state index contributed by atoms with van der Waals surface area (Å²) in [6, 6.07) is 2.07. The first-order valence-electron chi connectivity index (χ1n) is 13.6. The maximum atomic E-state index is 8.89. The lowest BCUT2D eigenvalue weighted by atomic mass is 10.0. The lowest BCUT2D eigenvalue weighted by Crippen LogP contribution is -2.30. The van der Waals surface area contributed by atoms with Crippen molar-refractivity contribution >= 4 is 0 Å². The Labute approximate surface area is 202 Å². The lowest BCUT2D eigenvalue weighted by molar-refractivity contribution is -0.0175. The molecule has 1 unspecified atom stereocenters. The van der Waals surface area contributed by atoms with Gasteiger partial charge in [-0.05, 0) is 12.5 Å². The van der Waals surface area contributed by atoms with E-state index in [2.05, 4.69) is 16.9 Å². The summed E-state index contributed by atoms with van der Waals surface area (Å²) in [4.78, 5) is 8.17. The molecule has 0 aliphatic heterocycles. The third-order valence-corrected chi connectivity index (χ3v) is 5.80. The second kappa shape index (κ2) is 23.9. The van der Waals surface area contributed by atoms with E-state index < -0.39 is 0 Å². The standard InChI is InChI=1S/C27H50N2O4/c1-2-3-4-5-6-7-8-9-10-11-12-13-14-15-16-17-22-31-24-26(25-32-23-21-30)33-27-28-19-18-20-29-27/h18-20,26,30H,2-17,21-25H2,1H3. The summed E-state index contributed by atoms with van der Waals surface area (Å²) in [5, 5.41) is 8.89.